The minimum absolute atomic E-state index is 0.0436. The van der Waals surface area contributed by atoms with Crippen LogP contribution in [0.15, 0.2) is 24.3 Å². The van der Waals surface area contributed by atoms with Gasteiger partial charge in [0.15, 0.2) is 12.1 Å². The standard InChI is InChI=1S/C23H28N2O6/c1-16(26)25-11-9-23(10-12-25)15-19(27)18-7-5-17(14-20(18)30-23)6-8-21(28)24-31-22-4-2-3-13-29-22/h5-8,14,22H,2-4,9-13,15H2,1H3,(H,24,28). The molecule has 0 bridgehead atoms. The maximum absolute atomic E-state index is 12.7. The van der Waals surface area contributed by atoms with E-state index >= 15 is 0 Å². The second-order valence-corrected chi connectivity index (χ2v) is 8.36. The summed E-state index contributed by atoms with van der Waals surface area (Å²) in [6.07, 6.45) is 6.97. The van der Waals surface area contributed by atoms with Crippen molar-refractivity contribution in [1.29, 1.82) is 0 Å². The van der Waals surface area contributed by atoms with Gasteiger partial charge in [0, 0.05) is 52.0 Å². The lowest BCUT2D eigenvalue weighted by atomic mass is 9.82. The molecule has 3 aliphatic rings. The van der Waals surface area contributed by atoms with Crippen LogP contribution < -0.4 is 10.2 Å². The predicted octanol–water partition coefficient (Wildman–Crippen LogP) is 2.62. The van der Waals surface area contributed by atoms with E-state index in [9.17, 15) is 14.4 Å². The number of hydroxylamine groups is 1. The third-order valence-electron chi connectivity index (χ3n) is 6.09. The number of ketones is 1. The molecule has 1 spiro atoms. The minimum atomic E-state index is -0.566. The average Bonchev–Trinajstić information content (AvgIpc) is 2.77. The van der Waals surface area contributed by atoms with Crippen LogP contribution in [-0.2, 0) is 19.2 Å². The van der Waals surface area contributed by atoms with Gasteiger partial charge in [0.1, 0.15) is 11.4 Å². The predicted molar refractivity (Wildman–Crippen MR) is 112 cm³/mol. The third-order valence-corrected chi connectivity index (χ3v) is 6.09. The Kier molecular flexibility index (Phi) is 6.38. The van der Waals surface area contributed by atoms with E-state index in [2.05, 4.69) is 5.48 Å². The van der Waals surface area contributed by atoms with E-state index in [0.29, 0.717) is 50.3 Å². The summed E-state index contributed by atoms with van der Waals surface area (Å²) in [6.45, 7) is 3.37. The Bertz CT molecular complexity index is 882. The van der Waals surface area contributed by atoms with Crippen LogP contribution in [0.5, 0.6) is 5.75 Å². The van der Waals surface area contributed by atoms with Crippen molar-refractivity contribution in [3.05, 3.63) is 35.4 Å². The summed E-state index contributed by atoms with van der Waals surface area (Å²) < 4.78 is 11.7. The smallest absolute Gasteiger partial charge is 0.267 e. The molecule has 0 aliphatic carbocycles. The Hall–Kier alpha value is -2.71. The van der Waals surface area contributed by atoms with Crippen LogP contribution in [0.3, 0.4) is 0 Å². The lowest BCUT2D eigenvalue weighted by Gasteiger charge is -2.43. The SMILES string of the molecule is CC(=O)N1CCC2(CC1)CC(=O)c1ccc(C=CC(=O)NOC3CCCCO3)cc1O2. The first kappa shape index (κ1) is 21.5. The zero-order valence-corrected chi connectivity index (χ0v) is 17.7. The monoisotopic (exact) mass is 428 g/mol. The number of amides is 2. The van der Waals surface area contributed by atoms with Crippen molar-refractivity contribution in [3.63, 3.8) is 0 Å². The molecule has 1 aromatic carbocycles. The second kappa shape index (κ2) is 9.20. The number of carbonyl (C=O) groups is 3. The van der Waals surface area contributed by atoms with Crippen LogP contribution in [-0.4, -0.2) is 54.1 Å². The summed E-state index contributed by atoms with van der Waals surface area (Å²) in [5, 5.41) is 0. The summed E-state index contributed by atoms with van der Waals surface area (Å²) in [7, 11) is 0. The maximum atomic E-state index is 12.7. The van der Waals surface area contributed by atoms with Gasteiger partial charge in [-0.1, -0.05) is 6.07 Å². The van der Waals surface area contributed by atoms with Crippen LogP contribution in [0.4, 0.5) is 0 Å². The zero-order chi connectivity index (χ0) is 21.8. The molecule has 3 heterocycles. The van der Waals surface area contributed by atoms with E-state index < -0.39 is 17.8 Å². The van der Waals surface area contributed by atoms with Crippen molar-refractivity contribution in [2.75, 3.05) is 19.7 Å². The number of nitrogens with zero attached hydrogens (tertiary/aromatic N) is 1. The molecule has 1 atom stereocenters. The van der Waals surface area contributed by atoms with Crippen molar-refractivity contribution in [2.45, 2.75) is 57.3 Å². The fraction of sp³-hybridized carbons (Fsp3) is 0.522. The Morgan fingerprint density at radius 3 is 2.77 bits per heavy atom. The molecule has 8 heteroatoms. The first-order chi connectivity index (χ1) is 14.9. The maximum Gasteiger partial charge on any atom is 0.267 e. The van der Waals surface area contributed by atoms with Gasteiger partial charge in [-0.15, -0.1) is 0 Å². The van der Waals surface area contributed by atoms with Crippen LogP contribution in [0, 0.1) is 0 Å². The molecule has 2 saturated heterocycles. The molecule has 1 unspecified atom stereocenters. The molecule has 166 valence electrons. The number of fused-ring (bicyclic) bond motifs is 1. The quantitative estimate of drug-likeness (QED) is 0.585. The lowest BCUT2D eigenvalue weighted by Crippen LogP contribution is -2.51. The molecule has 0 aromatic heterocycles. The fourth-order valence-corrected chi connectivity index (χ4v) is 4.26. The molecule has 3 aliphatic heterocycles. The van der Waals surface area contributed by atoms with E-state index in [-0.39, 0.29) is 11.7 Å². The first-order valence-corrected chi connectivity index (χ1v) is 10.8. The number of hydrogen-bond donors (Lipinski definition) is 1. The number of Topliss-reactive ketones (excluding diaryl/α,β-unsaturated/α-hetero) is 1. The van der Waals surface area contributed by atoms with Crippen molar-refractivity contribution < 1.29 is 28.7 Å². The van der Waals surface area contributed by atoms with Gasteiger partial charge in [0.2, 0.25) is 5.91 Å². The van der Waals surface area contributed by atoms with Gasteiger partial charge in [-0.25, -0.2) is 10.3 Å². The average molecular weight is 428 g/mol. The number of nitrogens with one attached hydrogen (secondary N) is 1. The molecule has 31 heavy (non-hydrogen) atoms. The normalized spacial score (nSPS) is 22.8. The van der Waals surface area contributed by atoms with Crippen LogP contribution in [0.1, 0.15) is 61.4 Å². The number of carbonyl (C=O) groups excluding carboxylic acids is 3. The molecule has 1 N–H and O–H groups in total. The fourth-order valence-electron chi connectivity index (χ4n) is 4.26. The van der Waals surface area contributed by atoms with Crippen LogP contribution in [0.25, 0.3) is 6.08 Å². The molecule has 0 saturated carbocycles. The number of hydrogen-bond acceptors (Lipinski definition) is 6. The highest BCUT2D eigenvalue weighted by Gasteiger charge is 2.43. The number of ether oxygens (including phenoxy) is 2. The molecule has 2 fully saturated rings. The van der Waals surface area contributed by atoms with Crippen LogP contribution >= 0.6 is 0 Å². The Labute approximate surface area is 181 Å². The molecular weight excluding hydrogens is 400 g/mol. The molecule has 4 rings (SSSR count). The highest BCUT2D eigenvalue weighted by Crippen LogP contribution is 2.39. The van der Waals surface area contributed by atoms with E-state index in [4.69, 9.17) is 14.3 Å². The van der Waals surface area contributed by atoms with Crippen molar-refractivity contribution >= 4 is 23.7 Å². The van der Waals surface area contributed by atoms with Crippen LogP contribution in [0.2, 0.25) is 0 Å². The summed E-state index contributed by atoms with van der Waals surface area (Å²) in [6, 6.07) is 5.30. The first-order valence-electron chi connectivity index (χ1n) is 10.8. The Morgan fingerprint density at radius 1 is 1.26 bits per heavy atom. The van der Waals surface area contributed by atoms with Gasteiger partial charge in [-0.3, -0.25) is 14.4 Å². The molecule has 0 radical (unpaired) electrons. The molecule has 8 nitrogen and oxygen atoms in total. The van der Waals surface area contributed by atoms with E-state index in [1.807, 2.05) is 0 Å². The van der Waals surface area contributed by atoms with E-state index in [0.717, 1.165) is 24.8 Å². The Balaban J connectivity index is 1.38. The Morgan fingerprint density at radius 2 is 2.06 bits per heavy atom. The summed E-state index contributed by atoms with van der Waals surface area (Å²) in [5.41, 5.74) is 3.12. The van der Waals surface area contributed by atoms with Gasteiger partial charge >= 0.3 is 0 Å². The van der Waals surface area contributed by atoms with Gasteiger partial charge in [0.05, 0.1) is 12.0 Å². The van der Waals surface area contributed by atoms with Gasteiger partial charge in [-0.05, 0) is 36.6 Å². The lowest BCUT2D eigenvalue weighted by molar-refractivity contribution is -0.198. The van der Waals surface area contributed by atoms with Gasteiger partial charge in [0.25, 0.3) is 5.91 Å². The van der Waals surface area contributed by atoms with Gasteiger partial charge < -0.3 is 14.4 Å². The van der Waals surface area contributed by atoms with E-state index in [1.54, 1.807) is 36.1 Å². The molecule has 2 amide bonds. The van der Waals surface area contributed by atoms with Gasteiger partial charge in [-0.2, -0.15) is 0 Å². The summed E-state index contributed by atoms with van der Waals surface area (Å²) in [5.74, 6) is 0.229. The number of rotatable bonds is 4. The number of piperidine rings is 1. The largest absolute Gasteiger partial charge is 0.486 e. The summed E-state index contributed by atoms with van der Waals surface area (Å²) in [4.78, 5) is 43.4. The topological polar surface area (TPSA) is 94.2 Å². The molecular formula is C23H28N2O6. The van der Waals surface area contributed by atoms with Crippen molar-refractivity contribution in [2.24, 2.45) is 0 Å². The molecule has 1 aromatic rings. The number of likely N-dealkylation sites (tertiary alicyclic amines) is 1. The second-order valence-electron chi connectivity index (χ2n) is 8.36. The van der Waals surface area contributed by atoms with E-state index in [1.165, 1.54) is 6.08 Å². The third kappa shape index (κ3) is 5.14. The highest BCUT2D eigenvalue weighted by molar-refractivity contribution is 6.01. The minimum Gasteiger partial charge on any atom is -0.486 e. The highest BCUT2D eigenvalue weighted by atomic mass is 16.8. The number of benzene rings is 1. The van der Waals surface area contributed by atoms with Crippen molar-refractivity contribution in [3.8, 4) is 5.75 Å². The van der Waals surface area contributed by atoms with Crippen molar-refractivity contribution in [1.82, 2.24) is 10.4 Å². The zero-order valence-electron chi connectivity index (χ0n) is 17.7. The summed E-state index contributed by atoms with van der Waals surface area (Å²) >= 11 is 0.